The van der Waals surface area contributed by atoms with E-state index in [0.29, 0.717) is 31.7 Å². The van der Waals surface area contributed by atoms with Gasteiger partial charge in [0.25, 0.3) is 10.2 Å². The number of nitrogens with one attached hydrogen (secondary N) is 2. The van der Waals surface area contributed by atoms with E-state index < -0.39 is 10.2 Å². The van der Waals surface area contributed by atoms with Crippen LogP contribution >= 0.6 is 0 Å². The van der Waals surface area contributed by atoms with Gasteiger partial charge in [0.15, 0.2) is 0 Å². The van der Waals surface area contributed by atoms with Gasteiger partial charge in [-0.3, -0.25) is 0 Å². The molecule has 7 heteroatoms. The molecule has 0 bridgehead atoms. The van der Waals surface area contributed by atoms with E-state index in [4.69, 9.17) is 4.74 Å². The van der Waals surface area contributed by atoms with E-state index in [9.17, 15) is 8.42 Å². The molecule has 0 aromatic carbocycles. The summed E-state index contributed by atoms with van der Waals surface area (Å²) in [4.78, 5) is 0. The summed E-state index contributed by atoms with van der Waals surface area (Å²) in [5, 5.41) is 3.43. The molecule has 21 heavy (non-hydrogen) atoms. The summed E-state index contributed by atoms with van der Waals surface area (Å²) in [6.07, 6.45) is 3.66. The van der Waals surface area contributed by atoms with Gasteiger partial charge in [-0.1, -0.05) is 13.8 Å². The third kappa shape index (κ3) is 5.49. The average Bonchev–Trinajstić information content (AvgIpc) is 2.46. The molecule has 0 aromatic heterocycles. The van der Waals surface area contributed by atoms with Crippen molar-refractivity contribution in [2.75, 3.05) is 32.8 Å². The van der Waals surface area contributed by atoms with Gasteiger partial charge in [0.2, 0.25) is 0 Å². The SMILES string of the molecule is CC(C)NCC1CCN(S(=O)(=O)NC2CCCOC2)CC1. The second-order valence-corrected chi connectivity index (χ2v) is 8.14. The lowest BCUT2D eigenvalue weighted by atomic mass is 9.98. The molecule has 2 rings (SSSR count). The van der Waals surface area contributed by atoms with Crippen LogP contribution in [0.25, 0.3) is 0 Å². The van der Waals surface area contributed by atoms with Gasteiger partial charge in [0.05, 0.1) is 6.61 Å². The van der Waals surface area contributed by atoms with Crippen molar-refractivity contribution in [3.05, 3.63) is 0 Å². The molecular weight excluding hydrogens is 290 g/mol. The van der Waals surface area contributed by atoms with Gasteiger partial charge in [-0.15, -0.1) is 0 Å². The van der Waals surface area contributed by atoms with Crippen molar-refractivity contribution in [1.29, 1.82) is 0 Å². The zero-order chi connectivity index (χ0) is 15.3. The van der Waals surface area contributed by atoms with Crippen molar-refractivity contribution in [3.63, 3.8) is 0 Å². The summed E-state index contributed by atoms with van der Waals surface area (Å²) in [6.45, 7) is 7.72. The maximum Gasteiger partial charge on any atom is 0.279 e. The van der Waals surface area contributed by atoms with Crippen LogP contribution in [0.2, 0.25) is 0 Å². The Hall–Kier alpha value is -0.210. The summed E-state index contributed by atoms with van der Waals surface area (Å²) < 4.78 is 34.5. The van der Waals surface area contributed by atoms with Crippen molar-refractivity contribution in [3.8, 4) is 0 Å². The molecule has 0 amide bonds. The molecule has 2 saturated heterocycles. The first-order chi connectivity index (χ1) is 9.97. The second-order valence-electron chi connectivity index (χ2n) is 6.44. The third-order valence-corrected chi connectivity index (χ3v) is 5.88. The summed E-state index contributed by atoms with van der Waals surface area (Å²) in [5.74, 6) is 0.580. The molecule has 124 valence electrons. The molecular formula is C14H29N3O3S. The van der Waals surface area contributed by atoms with Crippen LogP contribution in [0, 0.1) is 5.92 Å². The highest BCUT2D eigenvalue weighted by molar-refractivity contribution is 7.87. The molecule has 2 fully saturated rings. The Balaban J connectivity index is 1.77. The topological polar surface area (TPSA) is 70.7 Å². The summed E-state index contributed by atoms with van der Waals surface area (Å²) in [6, 6.07) is 0.420. The number of ether oxygens (including phenoxy) is 1. The van der Waals surface area contributed by atoms with Crippen LogP contribution in [0.1, 0.15) is 39.5 Å². The Morgan fingerprint density at radius 2 is 1.95 bits per heavy atom. The van der Waals surface area contributed by atoms with Gasteiger partial charge in [0, 0.05) is 31.8 Å². The van der Waals surface area contributed by atoms with Crippen LogP contribution in [0.15, 0.2) is 0 Å². The maximum absolute atomic E-state index is 12.4. The predicted molar refractivity (Wildman–Crippen MR) is 83.3 cm³/mol. The highest BCUT2D eigenvalue weighted by Gasteiger charge is 2.30. The molecule has 0 radical (unpaired) electrons. The van der Waals surface area contributed by atoms with Crippen molar-refractivity contribution in [2.24, 2.45) is 5.92 Å². The first-order valence-corrected chi connectivity index (χ1v) is 9.50. The van der Waals surface area contributed by atoms with Gasteiger partial charge >= 0.3 is 0 Å². The van der Waals surface area contributed by atoms with E-state index in [1.165, 1.54) is 0 Å². The molecule has 1 atom stereocenters. The molecule has 0 aromatic rings. The number of nitrogens with zero attached hydrogens (tertiary/aromatic N) is 1. The van der Waals surface area contributed by atoms with Crippen LogP contribution < -0.4 is 10.0 Å². The average molecular weight is 319 g/mol. The van der Waals surface area contributed by atoms with Gasteiger partial charge in [-0.05, 0) is 38.1 Å². The Morgan fingerprint density at radius 1 is 1.24 bits per heavy atom. The highest BCUT2D eigenvalue weighted by Crippen LogP contribution is 2.19. The van der Waals surface area contributed by atoms with Crippen LogP contribution in [0.4, 0.5) is 0 Å². The van der Waals surface area contributed by atoms with Gasteiger partial charge < -0.3 is 10.1 Å². The minimum absolute atomic E-state index is 0.0657. The van der Waals surface area contributed by atoms with Crippen molar-refractivity contribution in [1.82, 2.24) is 14.3 Å². The van der Waals surface area contributed by atoms with E-state index in [-0.39, 0.29) is 6.04 Å². The van der Waals surface area contributed by atoms with Crippen LogP contribution in [0.5, 0.6) is 0 Å². The lowest BCUT2D eigenvalue weighted by molar-refractivity contribution is 0.0766. The molecule has 0 aliphatic carbocycles. The zero-order valence-corrected chi connectivity index (χ0v) is 14.0. The Kier molecular flexibility index (Phi) is 6.43. The predicted octanol–water partition coefficient (Wildman–Crippen LogP) is 0.710. The first kappa shape index (κ1) is 17.1. The molecule has 0 saturated carbocycles. The Labute approximate surface area is 128 Å². The van der Waals surface area contributed by atoms with E-state index in [2.05, 4.69) is 23.9 Å². The number of hydrogen-bond acceptors (Lipinski definition) is 4. The van der Waals surface area contributed by atoms with Crippen molar-refractivity contribution in [2.45, 2.75) is 51.6 Å². The quantitative estimate of drug-likeness (QED) is 0.756. The molecule has 2 aliphatic rings. The van der Waals surface area contributed by atoms with Gasteiger partial charge in [0.1, 0.15) is 0 Å². The van der Waals surface area contributed by atoms with E-state index in [1.807, 2.05) is 0 Å². The van der Waals surface area contributed by atoms with Crippen molar-refractivity contribution >= 4 is 10.2 Å². The van der Waals surface area contributed by atoms with E-state index in [1.54, 1.807) is 4.31 Å². The molecule has 2 aliphatic heterocycles. The monoisotopic (exact) mass is 319 g/mol. The van der Waals surface area contributed by atoms with Crippen molar-refractivity contribution < 1.29 is 13.2 Å². The Bertz CT molecular complexity index is 400. The van der Waals surface area contributed by atoms with Crippen LogP contribution in [-0.2, 0) is 14.9 Å². The Morgan fingerprint density at radius 3 is 2.52 bits per heavy atom. The fraction of sp³-hybridized carbons (Fsp3) is 1.00. The van der Waals surface area contributed by atoms with Crippen LogP contribution in [0.3, 0.4) is 0 Å². The summed E-state index contributed by atoms with van der Waals surface area (Å²) >= 11 is 0. The summed E-state index contributed by atoms with van der Waals surface area (Å²) in [7, 11) is -3.35. The number of piperidine rings is 1. The molecule has 1 unspecified atom stereocenters. The maximum atomic E-state index is 12.4. The molecule has 2 N–H and O–H groups in total. The van der Waals surface area contributed by atoms with Gasteiger partial charge in [-0.25, -0.2) is 0 Å². The lowest BCUT2D eigenvalue weighted by Crippen LogP contribution is -2.50. The largest absolute Gasteiger partial charge is 0.380 e. The fourth-order valence-electron chi connectivity index (χ4n) is 2.87. The minimum Gasteiger partial charge on any atom is -0.380 e. The van der Waals surface area contributed by atoms with Gasteiger partial charge in [-0.2, -0.15) is 17.4 Å². The normalized spacial score (nSPS) is 26.3. The summed E-state index contributed by atoms with van der Waals surface area (Å²) in [5.41, 5.74) is 0. The molecule has 6 nitrogen and oxygen atoms in total. The highest BCUT2D eigenvalue weighted by atomic mass is 32.2. The van der Waals surface area contributed by atoms with E-state index >= 15 is 0 Å². The first-order valence-electron chi connectivity index (χ1n) is 8.06. The lowest BCUT2D eigenvalue weighted by Gasteiger charge is -2.33. The number of rotatable bonds is 6. The number of hydrogen-bond donors (Lipinski definition) is 2. The second kappa shape index (κ2) is 7.87. The van der Waals surface area contributed by atoms with Crippen LogP contribution in [-0.4, -0.2) is 57.7 Å². The molecule has 2 heterocycles. The fourth-order valence-corrected chi connectivity index (χ4v) is 4.32. The standard InChI is InChI=1S/C14H29N3O3S/c1-12(2)15-10-13-5-7-17(8-6-13)21(18,19)16-14-4-3-9-20-11-14/h12-16H,3-11H2,1-2H3. The molecule has 0 spiro atoms. The zero-order valence-electron chi connectivity index (χ0n) is 13.2. The third-order valence-electron chi connectivity index (χ3n) is 4.20. The van der Waals surface area contributed by atoms with E-state index in [0.717, 1.165) is 38.8 Å². The minimum atomic E-state index is -3.35. The smallest absolute Gasteiger partial charge is 0.279 e.